The summed E-state index contributed by atoms with van der Waals surface area (Å²) in [6, 6.07) is 22.3. The molecule has 2 N–H and O–H groups in total. The predicted molar refractivity (Wildman–Crippen MR) is 122 cm³/mol. The number of benzene rings is 3. The van der Waals surface area contributed by atoms with Crippen molar-refractivity contribution < 1.29 is 17.9 Å². The molecule has 0 bridgehead atoms. The van der Waals surface area contributed by atoms with Gasteiger partial charge >= 0.3 is 5.97 Å². The summed E-state index contributed by atoms with van der Waals surface area (Å²) in [6.07, 6.45) is 0. The van der Waals surface area contributed by atoms with E-state index in [0.717, 1.165) is 16.8 Å². The maximum absolute atomic E-state index is 11.7. The normalized spacial score (nSPS) is 11.3. The van der Waals surface area contributed by atoms with Gasteiger partial charge in [-0.05, 0) is 54.6 Å². The largest absolute Gasteiger partial charge is 0.465 e. The summed E-state index contributed by atoms with van der Waals surface area (Å²) in [6.45, 7) is 0. The van der Waals surface area contributed by atoms with E-state index in [2.05, 4.69) is 0 Å². The zero-order valence-corrected chi connectivity index (χ0v) is 18.5. The molecule has 32 heavy (non-hydrogen) atoms. The molecule has 4 rings (SSSR count). The van der Waals surface area contributed by atoms with Crippen LogP contribution >= 0.6 is 11.6 Å². The van der Waals surface area contributed by atoms with Crippen molar-refractivity contribution in [1.29, 1.82) is 0 Å². The van der Waals surface area contributed by atoms with Gasteiger partial charge in [-0.3, -0.25) is 0 Å². The number of hydrogen-bond donors (Lipinski definition) is 1. The van der Waals surface area contributed by atoms with Crippen molar-refractivity contribution in [2.24, 2.45) is 5.14 Å². The van der Waals surface area contributed by atoms with E-state index in [0.29, 0.717) is 22.0 Å². The van der Waals surface area contributed by atoms with Crippen LogP contribution in [-0.4, -0.2) is 31.3 Å². The van der Waals surface area contributed by atoms with E-state index in [1.54, 1.807) is 53.2 Å². The molecule has 0 amide bonds. The molecule has 7 nitrogen and oxygen atoms in total. The van der Waals surface area contributed by atoms with Crippen molar-refractivity contribution in [3.63, 3.8) is 0 Å². The third-order valence-corrected chi connectivity index (χ3v) is 6.04. The molecule has 0 radical (unpaired) electrons. The van der Waals surface area contributed by atoms with Crippen LogP contribution in [0, 0.1) is 0 Å². The molecule has 0 saturated heterocycles. The number of nitrogens with two attached hydrogens (primary N) is 1. The van der Waals surface area contributed by atoms with Gasteiger partial charge in [0, 0.05) is 16.1 Å². The van der Waals surface area contributed by atoms with Crippen molar-refractivity contribution in [2.75, 3.05) is 7.11 Å². The van der Waals surface area contributed by atoms with E-state index in [1.807, 2.05) is 18.2 Å². The Hall–Kier alpha value is -3.46. The van der Waals surface area contributed by atoms with Crippen molar-refractivity contribution in [3.8, 4) is 28.2 Å². The van der Waals surface area contributed by atoms with Gasteiger partial charge in [0.25, 0.3) is 0 Å². The molecule has 1 heterocycles. The lowest BCUT2D eigenvalue weighted by atomic mass is 10.1. The highest BCUT2D eigenvalue weighted by molar-refractivity contribution is 7.89. The summed E-state index contributed by atoms with van der Waals surface area (Å²) >= 11 is 6.04. The van der Waals surface area contributed by atoms with Gasteiger partial charge in [0.05, 0.1) is 34.6 Å². The summed E-state index contributed by atoms with van der Waals surface area (Å²) in [5.41, 5.74) is 4.20. The van der Waals surface area contributed by atoms with Gasteiger partial charge in [-0.2, -0.15) is 5.10 Å². The molecule has 0 atom stereocenters. The lowest BCUT2D eigenvalue weighted by Crippen LogP contribution is -2.12. The number of carbonyl (C=O) groups excluding carboxylic acids is 1. The van der Waals surface area contributed by atoms with Gasteiger partial charge in [0.15, 0.2) is 0 Å². The molecule has 0 aliphatic heterocycles. The fourth-order valence-electron chi connectivity index (χ4n) is 3.22. The summed E-state index contributed by atoms with van der Waals surface area (Å²) in [5.74, 6) is -0.418. The maximum Gasteiger partial charge on any atom is 0.337 e. The third-order valence-electron chi connectivity index (χ3n) is 4.86. The fraction of sp³-hybridized carbons (Fsp3) is 0.0435. The molecule has 0 spiro atoms. The molecule has 1 aromatic heterocycles. The Balaban J connectivity index is 1.82. The smallest absolute Gasteiger partial charge is 0.337 e. The zero-order chi connectivity index (χ0) is 22.9. The molecule has 4 aromatic rings. The van der Waals surface area contributed by atoms with Gasteiger partial charge in [-0.25, -0.2) is 23.0 Å². The molecule has 0 fully saturated rings. The quantitative estimate of drug-likeness (QED) is 0.441. The minimum atomic E-state index is -3.80. The number of aromatic nitrogens is 2. The monoisotopic (exact) mass is 467 g/mol. The fourth-order valence-corrected chi connectivity index (χ4v) is 3.86. The lowest BCUT2D eigenvalue weighted by Gasteiger charge is -2.08. The van der Waals surface area contributed by atoms with E-state index >= 15 is 0 Å². The summed E-state index contributed by atoms with van der Waals surface area (Å²) < 4.78 is 29.6. The van der Waals surface area contributed by atoms with Crippen molar-refractivity contribution >= 4 is 27.6 Å². The number of ether oxygens (including phenoxy) is 1. The molecule has 3 aromatic carbocycles. The summed E-state index contributed by atoms with van der Waals surface area (Å²) in [7, 11) is -2.47. The highest BCUT2D eigenvalue weighted by atomic mass is 35.5. The highest BCUT2D eigenvalue weighted by Gasteiger charge is 2.15. The first-order valence-corrected chi connectivity index (χ1v) is 11.4. The van der Waals surface area contributed by atoms with Crippen LogP contribution in [0.2, 0.25) is 5.02 Å². The zero-order valence-electron chi connectivity index (χ0n) is 16.9. The van der Waals surface area contributed by atoms with Crippen molar-refractivity contribution in [3.05, 3.63) is 89.4 Å². The Morgan fingerprint density at radius 1 is 0.938 bits per heavy atom. The summed E-state index contributed by atoms with van der Waals surface area (Å²) in [5, 5.41) is 10.5. The van der Waals surface area contributed by atoms with Gasteiger partial charge in [-0.1, -0.05) is 35.9 Å². The molecule has 0 saturated carbocycles. The first kappa shape index (κ1) is 21.8. The van der Waals surface area contributed by atoms with Crippen LogP contribution in [-0.2, 0) is 14.8 Å². The number of hydrogen-bond acceptors (Lipinski definition) is 5. The first-order valence-electron chi connectivity index (χ1n) is 9.44. The van der Waals surface area contributed by atoms with Crippen molar-refractivity contribution in [2.45, 2.75) is 4.90 Å². The Labute approximate surface area is 190 Å². The number of carbonyl (C=O) groups is 1. The Kier molecular flexibility index (Phi) is 5.84. The second-order valence-electron chi connectivity index (χ2n) is 6.94. The van der Waals surface area contributed by atoms with Crippen LogP contribution < -0.4 is 5.14 Å². The van der Waals surface area contributed by atoms with Gasteiger partial charge in [0.2, 0.25) is 10.0 Å². The Morgan fingerprint density at radius 2 is 1.53 bits per heavy atom. The third kappa shape index (κ3) is 4.43. The topological polar surface area (TPSA) is 104 Å². The SMILES string of the molecule is COC(=O)c1ccc(-c2cc(-c3ccc(Cl)cc3)n(-c3ccc(S(N)(=O)=O)cc3)n2)cc1. The number of methoxy groups -OCH3 is 1. The van der Waals surface area contributed by atoms with Crippen LogP contribution in [0.3, 0.4) is 0 Å². The van der Waals surface area contributed by atoms with Crippen LogP contribution in [0.15, 0.2) is 83.8 Å². The molecule has 9 heteroatoms. The Morgan fingerprint density at radius 3 is 2.09 bits per heavy atom. The average molecular weight is 468 g/mol. The van der Waals surface area contributed by atoms with Crippen LogP contribution in [0.1, 0.15) is 10.4 Å². The number of halogens is 1. The minimum absolute atomic E-state index is 0.0140. The standard InChI is InChI=1S/C23H18ClN3O4S/c1-31-23(28)17-4-2-15(3-5-17)21-14-22(16-6-8-18(24)9-7-16)27(26-21)19-10-12-20(13-11-19)32(25,29)30/h2-14H,1H3,(H2,25,29,30). The molecule has 162 valence electrons. The molecule has 0 aliphatic carbocycles. The van der Waals surface area contributed by atoms with Crippen LogP contribution in [0.4, 0.5) is 0 Å². The van der Waals surface area contributed by atoms with Gasteiger partial charge in [-0.15, -0.1) is 0 Å². The van der Waals surface area contributed by atoms with E-state index in [9.17, 15) is 13.2 Å². The van der Waals surface area contributed by atoms with Gasteiger partial charge < -0.3 is 4.74 Å². The lowest BCUT2D eigenvalue weighted by molar-refractivity contribution is 0.0600. The van der Waals surface area contributed by atoms with E-state index < -0.39 is 16.0 Å². The van der Waals surface area contributed by atoms with E-state index in [1.165, 1.54) is 19.2 Å². The number of primary sulfonamides is 1. The second kappa shape index (κ2) is 8.58. The summed E-state index contributed by atoms with van der Waals surface area (Å²) in [4.78, 5) is 11.7. The van der Waals surface area contributed by atoms with Crippen LogP contribution in [0.5, 0.6) is 0 Å². The van der Waals surface area contributed by atoms with E-state index in [4.69, 9.17) is 26.6 Å². The number of sulfonamides is 1. The highest BCUT2D eigenvalue weighted by Crippen LogP contribution is 2.30. The minimum Gasteiger partial charge on any atom is -0.465 e. The molecular formula is C23H18ClN3O4S. The predicted octanol–water partition coefficient (Wildman–Crippen LogP) is 4.29. The molecule has 0 unspecified atom stereocenters. The van der Waals surface area contributed by atoms with Crippen LogP contribution in [0.25, 0.3) is 28.2 Å². The second-order valence-corrected chi connectivity index (χ2v) is 8.94. The van der Waals surface area contributed by atoms with E-state index in [-0.39, 0.29) is 4.90 Å². The first-order chi connectivity index (χ1) is 15.3. The number of nitrogens with zero attached hydrogens (tertiary/aromatic N) is 2. The number of rotatable bonds is 5. The average Bonchev–Trinajstić information content (AvgIpc) is 3.24. The Bertz CT molecular complexity index is 1380. The van der Waals surface area contributed by atoms with Gasteiger partial charge in [0.1, 0.15) is 0 Å². The molecular weight excluding hydrogens is 450 g/mol. The maximum atomic E-state index is 11.7. The van der Waals surface area contributed by atoms with Crippen molar-refractivity contribution in [1.82, 2.24) is 9.78 Å². The molecule has 0 aliphatic rings. The number of esters is 1.